The van der Waals surface area contributed by atoms with Crippen molar-refractivity contribution in [2.45, 2.75) is 18.6 Å². The first-order valence-electron chi connectivity index (χ1n) is 10.9. The van der Waals surface area contributed by atoms with Crippen LogP contribution in [-0.2, 0) is 14.3 Å². The average molecular weight is 516 g/mol. The number of fused-ring (bicyclic) bond motifs is 3. The molecular formula is C27H18BrNO5. The number of benzene rings is 3. The lowest BCUT2D eigenvalue weighted by Crippen LogP contribution is -2.51. The minimum absolute atomic E-state index is 0.218. The Morgan fingerprint density at radius 2 is 1.47 bits per heavy atom. The molecule has 7 heteroatoms. The molecule has 0 unspecified atom stereocenters. The van der Waals surface area contributed by atoms with Crippen molar-refractivity contribution in [3.63, 3.8) is 0 Å². The van der Waals surface area contributed by atoms with Gasteiger partial charge in [0.05, 0.1) is 23.6 Å². The Morgan fingerprint density at radius 3 is 2.09 bits per heavy atom. The molecular weight excluding hydrogens is 498 g/mol. The van der Waals surface area contributed by atoms with Crippen molar-refractivity contribution < 1.29 is 23.9 Å². The predicted molar refractivity (Wildman–Crippen MR) is 126 cm³/mol. The van der Waals surface area contributed by atoms with Crippen LogP contribution >= 0.6 is 15.9 Å². The monoisotopic (exact) mass is 515 g/mol. The molecule has 1 spiro atoms. The van der Waals surface area contributed by atoms with E-state index in [1.54, 1.807) is 54.6 Å². The number of ketones is 2. The molecule has 2 aliphatic heterocycles. The number of amides is 2. The molecule has 0 radical (unpaired) electrons. The van der Waals surface area contributed by atoms with Crippen molar-refractivity contribution in [3.05, 3.63) is 99.5 Å². The molecule has 34 heavy (non-hydrogen) atoms. The average Bonchev–Trinajstić information content (AvgIpc) is 3.40. The molecule has 1 aliphatic carbocycles. The second-order valence-corrected chi connectivity index (χ2v) is 9.80. The van der Waals surface area contributed by atoms with Crippen LogP contribution in [0.3, 0.4) is 0 Å². The van der Waals surface area contributed by atoms with Gasteiger partial charge in [0.2, 0.25) is 29.0 Å². The lowest BCUT2D eigenvalue weighted by molar-refractivity contribution is -0.127. The summed E-state index contributed by atoms with van der Waals surface area (Å²) in [6.07, 6.45) is -0.934. The second kappa shape index (κ2) is 7.29. The van der Waals surface area contributed by atoms with Gasteiger partial charge >= 0.3 is 0 Å². The van der Waals surface area contributed by atoms with Crippen molar-refractivity contribution in [2.24, 2.45) is 11.8 Å². The van der Waals surface area contributed by atoms with Crippen LogP contribution < -0.4 is 4.90 Å². The van der Waals surface area contributed by atoms with Gasteiger partial charge in [-0.1, -0.05) is 70.0 Å². The van der Waals surface area contributed by atoms with E-state index in [2.05, 4.69) is 15.9 Å². The SMILES string of the molecule is Cc1ccc(N2C(=O)[C@@H]3[C@H](c4cccc(Br)c4)OC4(C(=O)c5ccccc5C4=O)[C@H]3C2=O)cc1. The Bertz CT molecular complexity index is 1380. The zero-order valence-electron chi connectivity index (χ0n) is 18.0. The van der Waals surface area contributed by atoms with Gasteiger partial charge < -0.3 is 4.74 Å². The van der Waals surface area contributed by atoms with Crippen LogP contribution in [-0.4, -0.2) is 29.0 Å². The maximum atomic E-state index is 13.8. The van der Waals surface area contributed by atoms with E-state index < -0.39 is 46.9 Å². The van der Waals surface area contributed by atoms with Gasteiger partial charge in [-0.15, -0.1) is 0 Å². The van der Waals surface area contributed by atoms with E-state index >= 15 is 0 Å². The molecule has 0 aromatic heterocycles. The zero-order valence-corrected chi connectivity index (χ0v) is 19.6. The number of imide groups is 1. The van der Waals surface area contributed by atoms with Crippen LogP contribution in [0.5, 0.6) is 0 Å². The summed E-state index contributed by atoms with van der Waals surface area (Å²) in [6.45, 7) is 1.91. The summed E-state index contributed by atoms with van der Waals surface area (Å²) < 4.78 is 7.04. The minimum atomic E-state index is -2.06. The molecule has 168 valence electrons. The topological polar surface area (TPSA) is 80.8 Å². The van der Waals surface area contributed by atoms with Crippen molar-refractivity contribution in [2.75, 3.05) is 4.90 Å². The van der Waals surface area contributed by atoms with Gasteiger partial charge in [0.15, 0.2) is 0 Å². The summed E-state index contributed by atoms with van der Waals surface area (Å²) >= 11 is 3.43. The highest BCUT2D eigenvalue weighted by atomic mass is 79.9. The van der Waals surface area contributed by atoms with E-state index in [9.17, 15) is 19.2 Å². The van der Waals surface area contributed by atoms with Crippen LogP contribution in [0.25, 0.3) is 0 Å². The molecule has 0 N–H and O–H groups in total. The summed E-state index contributed by atoms with van der Waals surface area (Å²) in [5.74, 6) is -4.45. The largest absolute Gasteiger partial charge is 0.349 e. The van der Waals surface area contributed by atoms with Crippen LogP contribution in [0.2, 0.25) is 0 Å². The van der Waals surface area contributed by atoms with Crippen molar-refractivity contribution in [1.82, 2.24) is 0 Å². The molecule has 3 aromatic carbocycles. The summed E-state index contributed by atoms with van der Waals surface area (Å²) in [5.41, 5.74) is 0.378. The van der Waals surface area contributed by atoms with Crippen molar-refractivity contribution in [1.29, 1.82) is 0 Å². The third-order valence-electron chi connectivity index (χ3n) is 6.99. The van der Waals surface area contributed by atoms with E-state index in [0.717, 1.165) is 14.9 Å². The fraction of sp³-hybridized carbons (Fsp3) is 0.185. The van der Waals surface area contributed by atoms with Crippen LogP contribution in [0.4, 0.5) is 5.69 Å². The first-order chi connectivity index (χ1) is 16.3. The smallest absolute Gasteiger partial charge is 0.241 e. The van der Waals surface area contributed by atoms with Gasteiger partial charge in [0.25, 0.3) is 0 Å². The summed E-state index contributed by atoms with van der Waals surface area (Å²) in [7, 11) is 0. The standard InChI is InChI=1S/C27H18BrNO5/c1-14-9-11-17(12-10-14)29-25(32)20-21(26(29)33)27(34-22(20)15-5-4-6-16(28)13-15)23(30)18-7-2-3-8-19(18)24(27)31/h2-13,20-22H,1H3/t20-,21+,22-/m0/s1. The number of ether oxygens (including phenoxy) is 1. The summed E-state index contributed by atoms with van der Waals surface area (Å²) in [4.78, 5) is 56.2. The highest BCUT2D eigenvalue weighted by molar-refractivity contribution is 9.10. The van der Waals surface area contributed by atoms with Gasteiger partial charge in [-0.3, -0.25) is 19.2 Å². The van der Waals surface area contributed by atoms with Gasteiger partial charge in [0.1, 0.15) is 0 Å². The fourth-order valence-corrected chi connectivity index (χ4v) is 5.87. The zero-order chi connectivity index (χ0) is 23.8. The molecule has 0 saturated carbocycles. The number of hydrogen-bond acceptors (Lipinski definition) is 5. The van der Waals surface area contributed by atoms with E-state index in [0.29, 0.717) is 11.3 Å². The number of aryl methyl sites for hydroxylation is 1. The van der Waals surface area contributed by atoms with Crippen molar-refractivity contribution in [3.8, 4) is 0 Å². The van der Waals surface area contributed by atoms with Crippen LogP contribution in [0.1, 0.15) is 37.9 Å². The third kappa shape index (κ3) is 2.65. The summed E-state index contributed by atoms with van der Waals surface area (Å²) in [6, 6.07) is 20.6. The maximum Gasteiger partial charge on any atom is 0.241 e. The molecule has 3 aliphatic rings. The molecule has 6 nitrogen and oxygen atoms in total. The Kier molecular flexibility index (Phi) is 4.53. The number of carbonyl (C=O) groups excluding carboxylic acids is 4. The lowest BCUT2D eigenvalue weighted by atomic mass is 9.77. The molecule has 6 rings (SSSR count). The second-order valence-electron chi connectivity index (χ2n) is 8.88. The Balaban J connectivity index is 1.55. The van der Waals surface area contributed by atoms with E-state index in [1.807, 2.05) is 25.1 Å². The number of anilines is 1. The number of rotatable bonds is 2. The van der Waals surface area contributed by atoms with Gasteiger partial charge in [-0.25, -0.2) is 4.90 Å². The number of Topliss-reactive ketones (excluding diaryl/α,β-unsaturated/α-hetero) is 2. The normalized spacial score (nSPS) is 24.8. The van der Waals surface area contributed by atoms with Gasteiger partial charge in [0, 0.05) is 15.6 Å². The van der Waals surface area contributed by atoms with Crippen molar-refractivity contribution >= 4 is 45.0 Å². The summed E-state index contributed by atoms with van der Waals surface area (Å²) in [5, 5.41) is 0. The number of halogens is 1. The lowest BCUT2D eigenvalue weighted by Gasteiger charge is -2.27. The molecule has 0 bridgehead atoms. The number of carbonyl (C=O) groups is 4. The quantitative estimate of drug-likeness (QED) is 0.372. The Morgan fingerprint density at radius 1 is 0.824 bits per heavy atom. The predicted octanol–water partition coefficient (Wildman–Crippen LogP) is 4.45. The number of nitrogens with zero attached hydrogens (tertiary/aromatic N) is 1. The van der Waals surface area contributed by atoms with E-state index in [1.165, 1.54) is 0 Å². The highest BCUT2D eigenvalue weighted by Gasteiger charge is 2.74. The molecule has 2 saturated heterocycles. The van der Waals surface area contributed by atoms with Gasteiger partial charge in [-0.2, -0.15) is 0 Å². The number of hydrogen-bond donors (Lipinski definition) is 0. The first-order valence-corrected chi connectivity index (χ1v) is 11.7. The third-order valence-corrected chi connectivity index (χ3v) is 7.48. The van der Waals surface area contributed by atoms with E-state index in [-0.39, 0.29) is 11.1 Å². The molecule has 2 heterocycles. The molecule has 2 amide bonds. The first kappa shape index (κ1) is 21.1. The molecule has 3 aromatic rings. The van der Waals surface area contributed by atoms with Gasteiger partial charge in [-0.05, 0) is 36.8 Å². The van der Waals surface area contributed by atoms with Crippen LogP contribution in [0, 0.1) is 18.8 Å². The highest BCUT2D eigenvalue weighted by Crippen LogP contribution is 2.57. The Hall–Kier alpha value is -3.42. The minimum Gasteiger partial charge on any atom is -0.349 e. The van der Waals surface area contributed by atoms with Crippen LogP contribution in [0.15, 0.2) is 77.3 Å². The van der Waals surface area contributed by atoms with E-state index in [4.69, 9.17) is 4.74 Å². The molecule has 2 fully saturated rings. The Labute approximate surface area is 203 Å². The molecule has 3 atom stereocenters. The fourth-order valence-electron chi connectivity index (χ4n) is 5.45. The maximum absolute atomic E-state index is 13.8.